The summed E-state index contributed by atoms with van der Waals surface area (Å²) < 4.78 is 5.04. The number of carboxylic acid groups (broad SMARTS) is 2. The number of hydrogen-bond donors (Lipinski definition) is 6. The van der Waals surface area contributed by atoms with Gasteiger partial charge >= 0.3 is 23.9 Å². The molecule has 0 heterocycles. The zero-order valence-corrected chi connectivity index (χ0v) is 17.9. The first-order valence-corrected chi connectivity index (χ1v) is 9.97. The minimum absolute atomic E-state index is 0.0326. The Balaban J connectivity index is 1.88. The molecule has 4 aromatic carbocycles. The van der Waals surface area contributed by atoms with E-state index in [4.69, 9.17) is 27.7 Å². The number of rotatable bonds is 4. The molecule has 0 bridgehead atoms. The predicted octanol–water partition coefficient (Wildman–Crippen LogP) is 2.72. The van der Waals surface area contributed by atoms with E-state index in [-0.39, 0.29) is 66.5 Å². The molecule has 176 valence electrons. The van der Waals surface area contributed by atoms with Crippen LogP contribution >= 0.6 is 0 Å². The molecule has 0 amide bonds. The van der Waals surface area contributed by atoms with Crippen LogP contribution in [-0.2, 0) is 4.74 Å². The van der Waals surface area contributed by atoms with Crippen molar-refractivity contribution in [2.45, 2.75) is 0 Å². The second-order valence-corrected chi connectivity index (χ2v) is 7.60. The highest BCUT2D eigenvalue weighted by Crippen LogP contribution is 2.35. The van der Waals surface area contributed by atoms with E-state index >= 15 is 0 Å². The van der Waals surface area contributed by atoms with Crippen LogP contribution in [0.4, 0.5) is 22.7 Å². The van der Waals surface area contributed by atoms with Crippen LogP contribution in [0, 0.1) is 0 Å². The second kappa shape index (κ2) is 8.23. The lowest BCUT2D eigenvalue weighted by Crippen LogP contribution is -2.17. The lowest BCUT2D eigenvalue weighted by molar-refractivity contribution is 0.0400. The number of aromatic carboxylic acids is 2. The van der Waals surface area contributed by atoms with Gasteiger partial charge in [0.2, 0.25) is 0 Å². The van der Waals surface area contributed by atoms with Crippen LogP contribution in [0.15, 0.2) is 48.5 Å². The average molecular weight is 474 g/mol. The molecule has 0 spiro atoms. The first kappa shape index (κ1) is 22.9. The van der Waals surface area contributed by atoms with E-state index in [9.17, 15) is 29.4 Å². The van der Waals surface area contributed by atoms with E-state index in [2.05, 4.69) is 0 Å². The molecule has 11 nitrogen and oxygen atoms in total. The molecule has 0 radical (unpaired) electrons. The molecule has 35 heavy (non-hydrogen) atoms. The van der Waals surface area contributed by atoms with Crippen molar-refractivity contribution in [3.63, 3.8) is 0 Å². The van der Waals surface area contributed by atoms with Gasteiger partial charge in [0, 0.05) is 21.5 Å². The number of anilines is 4. The Hall–Kier alpha value is -5.32. The van der Waals surface area contributed by atoms with Gasteiger partial charge in [0.15, 0.2) is 0 Å². The summed E-state index contributed by atoms with van der Waals surface area (Å²) in [5, 5.41) is 19.4. The van der Waals surface area contributed by atoms with Gasteiger partial charge in [-0.05, 0) is 24.3 Å². The number of ether oxygens (including phenoxy) is 1. The molecule has 0 aliphatic carbocycles. The predicted molar refractivity (Wildman–Crippen MR) is 129 cm³/mol. The summed E-state index contributed by atoms with van der Waals surface area (Å²) in [5.41, 5.74) is 22.6. The third-order valence-corrected chi connectivity index (χ3v) is 5.56. The van der Waals surface area contributed by atoms with Crippen molar-refractivity contribution in [3.05, 3.63) is 70.8 Å². The molecule has 0 aliphatic heterocycles. The number of fused-ring (bicyclic) bond motifs is 2. The zero-order chi connectivity index (χ0) is 25.6. The molecule has 0 aliphatic rings. The van der Waals surface area contributed by atoms with Gasteiger partial charge < -0.3 is 37.9 Å². The van der Waals surface area contributed by atoms with Crippen LogP contribution in [0.2, 0.25) is 0 Å². The number of esters is 2. The minimum atomic E-state index is -1.34. The Morgan fingerprint density at radius 3 is 1.31 bits per heavy atom. The number of carbonyl (C=O) groups excluding carboxylic acids is 2. The van der Waals surface area contributed by atoms with Crippen LogP contribution in [-0.4, -0.2) is 34.1 Å². The van der Waals surface area contributed by atoms with E-state index in [0.29, 0.717) is 0 Å². The summed E-state index contributed by atoms with van der Waals surface area (Å²) in [4.78, 5) is 49.7. The van der Waals surface area contributed by atoms with Crippen molar-refractivity contribution in [1.29, 1.82) is 0 Å². The van der Waals surface area contributed by atoms with Crippen molar-refractivity contribution in [1.82, 2.24) is 0 Å². The number of nitrogen functional groups attached to an aromatic ring is 4. The van der Waals surface area contributed by atoms with Gasteiger partial charge in [0.05, 0.1) is 45.0 Å². The topological polar surface area (TPSA) is 222 Å². The maximum Gasteiger partial charge on any atom is 0.346 e. The number of benzene rings is 4. The molecule has 0 saturated carbocycles. The highest BCUT2D eigenvalue weighted by Gasteiger charge is 2.26. The summed E-state index contributed by atoms with van der Waals surface area (Å²) in [6.45, 7) is 0. The van der Waals surface area contributed by atoms with Gasteiger partial charge in [-0.25, -0.2) is 19.2 Å². The maximum atomic E-state index is 13.1. The highest BCUT2D eigenvalue weighted by molar-refractivity contribution is 6.22. The molecule has 0 fully saturated rings. The van der Waals surface area contributed by atoms with Gasteiger partial charge in [0.25, 0.3) is 0 Å². The van der Waals surface area contributed by atoms with Gasteiger partial charge in [-0.1, -0.05) is 24.3 Å². The Morgan fingerprint density at radius 2 is 0.971 bits per heavy atom. The summed E-state index contributed by atoms with van der Waals surface area (Å²) in [7, 11) is 0. The van der Waals surface area contributed by atoms with Crippen molar-refractivity contribution >= 4 is 68.2 Å². The fourth-order valence-corrected chi connectivity index (χ4v) is 3.93. The van der Waals surface area contributed by atoms with Crippen LogP contribution in [0.1, 0.15) is 41.4 Å². The van der Waals surface area contributed by atoms with Crippen molar-refractivity contribution in [2.75, 3.05) is 22.9 Å². The normalized spacial score (nSPS) is 10.9. The molecule has 4 aromatic rings. The fourth-order valence-electron chi connectivity index (χ4n) is 3.93. The van der Waals surface area contributed by atoms with Gasteiger partial charge in [0.1, 0.15) is 0 Å². The lowest BCUT2D eigenvalue weighted by Gasteiger charge is -2.15. The lowest BCUT2D eigenvalue weighted by atomic mass is 9.96. The average Bonchev–Trinajstić information content (AvgIpc) is 2.82. The van der Waals surface area contributed by atoms with Gasteiger partial charge in [-0.3, -0.25) is 0 Å². The number of carbonyl (C=O) groups is 4. The largest absolute Gasteiger partial charge is 0.478 e. The molecule has 10 N–H and O–H groups in total. The smallest absolute Gasteiger partial charge is 0.346 e. The standard InChI is InChI=1S/C24H18N4O7/c25-15-7-13(17-9(19(15)27)3-1-5-11(17)21(29)30)23(33)35-24(34)14-8-16(26)20(28)10-4-2-6-12(18(10)14)22(31)32/h1-8H,25-28H2,(H,29,30)(H,31,32). The van der Waals surface area contributed by atoms with Gasteiger partial charge in [-0.15, -0.1) is 0 Å². The van der Waals surface area contributed by atoms with E-state index in [1.165, 1.54) is 36.4 Å². The molecule has 0 saturated heterocycles. The Kier molecular flexibility index (Phi) is 5.37. The number of nitrogens with two attached hydrogens (primary N) is 4. The maximum absolute atomic E-state index is 13.1. The van der Waals surface area contributed by atoms with E-state index in [0.717, 1.165) is 12.1 Å². The molecular formula is C24H18N4O7. The fraction of sp³-hybridized carbons (Fsp3) is 0. The first-order valence-electron chi connectivity index (χ1n) is 9.97. The number of carboxylic acids is 2. The Labute approximate surface area is 196 Å². The van der Waals surface area contributed by atoms with Crippen molar-refractivity contribution < 1.29 is 34.1 Å². The van der Waals surface area contributed by atoms with Crippen LogP contribution in [0.5, 0.6) is 0 Å². The monoisotopic (exact) mass is 474 g/mol. The van der Waals surface area contributed by atoms with Crippen LogP contribution in [0.3, 0.4) is 0 Å². The van der Waals surface area contributed by atoms with E-state index < -0.39 is 23.9 Å². The summed E-state index contributed by atoms with van der Waals surface area (Å²) in [6.07, 6.45) is 0. The zero-order valence-electron chi connectivity index (χ0n) is 17.9. The van der Waals surface area contributed by atoms with Crippen LogP contribution < -0.4 is 22.9 Å². The second-order valence-electron chi connectivity index (χ2n) is 7.60. The SMILES string of the molecule is Nc1cc(C(=O)OC(=O)c2cc(N)c(N)c3cccc(C(=O)O)c23)c2c(C(=O)O)cccc2c1N. The summed E-state index contributed by atoms with van der Waals surface area (Å²) in [6, 6.07) is 10.5. The third-order valence-electron chi connectivity index (χ3n) is 5.56. The molecule has 0 atom stereocenters. The Morgan fingerprint density at radius 1 is 0.600 bits per heavy atom. The van der Waals surface area contributed by atoms with Crippen molar-refractivity contribution in [2.24, 2.45) is 0 Å². The molecule has 0 unspecified atom stereocenters. The molecular weight excluding hydrogens is 456 g/mol. The van der Waals surface area contributed by atoms with Crippen LogP contribution in [0.25, 0.3) is 21.5 Å². The third kappa shape index (κ3) is 3.66. The first-order chi connectivity index (χ1) is 16.5. The van der Waals surface area contributed by atoms with Crippen molar-refractivity contribution in [3.8, 4) is 0 Å². The summed E-state index contributed by atoms with van der Waals surface area (Å²) in [5.74, 6) is -5.14. The highest BCUT2D eigenvalue weighted by atomic mass is 16.6. The van der Waals surface area contributed by atoms with Gasteiger partial charge in [-0.2, -0.15) is 0 Å². The summed E-state index contributed by atoms with van der Waals surface area (Å²) >= 11 is 0. The molecule has 0 aromatic heterocycles. The van der Waals surface area contributed by atoms with E-state index in [1.807, 2.05) is 0 Å². The minimum Gasteiger partial charge on any atom is -0.478 e. The van der Waals surface area contributed by atoms with E-state index in [1.54, 1.807) is 0 Å². The number of hydrogen-bond acceptors (Lipinski definition) is 9. The molecule has 11 heteroatoms. The quantitative estimate of drug-likeness (QED) is 0.143. The Bertz CT molecular complexity index is 1490. The molecule has 4 rings (SSSR count).